The molecule has 1 heterocycles. The SMILES string of the molecule is CCOC(=O)CCNC(C)c1ccnn1C. The first-order chi connectivity index (χ1) is 7.65. The quantitative estimate of drug-likeness (QED) is 0.734. The molecule has 90 valence electrons. The van der Waals surface area contributed by atoms with Crippen LogP contribution in [0.5, 0.6) is 0 Å². The molecule has 0 fully saturated rings. The highest BCUT2D eigenvalue weighted by Crippen LogP contribution is 2.09. The number of aromatic nitrogens is 2. The van der Waals surface area contributed by atoms with Crippen LogP contribution in [0.2, 0.25) is 0 Å². The van der Waals surface area contributed by atoms with Gasteiger partial charge >= 0.3 is 5.97 Å². The molecular weight excluding hydrogens is 206 g/mol. The van der Waals surface area contributed by atoms with Gasteiger partial charge in [0.25, 0.3) is 0 Å². The van der Waals surface area contributed by atoms with Crippen molar-refractivity contribution in [3.63, 3.8) is 0 Å². The Balaban J connectivity index is 2.28. The number of hydrogen-bond donors (Lipinski definition) is 1. The number of hydrogen-bond acceptors (Lipinski definition) is 4. The predicted molar refractivity (Wildman–Crippen MR) is 60.9 cm³/mol. The maximum absolute atomic E-state index is 11.1. The van der Waals surface area contributed by atoms with Crippen LogP contribution in [0, 0.1) is 0 Å². The van der Waals surface area contributed by atoms with Crippen LogP contribution in [0.3, 0.4) is 0 Å². The number of nitrogens with one attached hydrogen (secondary N) is 1. The maximum atomic E-state index is 11.1. The maximum Gasteiger partial charge on any atom is 0.307 e. The molecule has 0 spiro atoms. The first-order valence-electron chi connectivity index (χ1n) is 5.52. The summed E-state index contributed by atoms with van der Waals surface area (Å²) in [6.45, 7) is 4.91. The Morgan fingerprint density at radius 1 is 1.69 bits per heavy atom. The molecule has 0 aliphatic heterocycles. The Bertz CT molecular complexity index is 336. The molecule has 0 aliphatic carbocycles. The minimum Gasteiger partial charge on any atom is -0.466 e. The van der Waals surface area contributed by atoms with Crippen molar-refractivity contribution in [2.75, 3.05) is 13.2 Å². The van der Waals surface area contributed by atoms with Gasteiger partial charge in [-0.15, -0.1) is 0 Å². The van der Waals surface area contributed by atoms with E-state index in [-0.39, 0.29) is 12.0 Å². The lowest BCUT2D eigenvalue weighted by atomic mass is 10.2. The first-order valence-corrected chi connectivity index (χ1v) is 5.52. The van der Waals surface area contributed by atoms with Crippen LogP contribution < -0.4 is 5.32 Å². The molecule has 5 heteroatoms. The van der Waals surface area contributed by atoms with Gasteiger partial charge in [0.15, 0.2) is 0 Å². The van der Waals surface area contributed by atoms with Gasteiger partial charge < -0.3 is 10.1 Å². The van der Waals surface area contributed by atoms with Gasteiger partial charge in [-0.2, -0.15) is 5.10 Å². The lowest BCUT2D eigenvalue weighted by molar-refractivity contribution is -0.143. The van der Waals surface area contributed by atoms with Gasteiger partial charge in [-0.25, -0.2) is 0 Å². The summed E-state index contributed by atoms with van der Waals surface area (Å²) >= 11 is 0. The van der Waals surface area contributed by atoms with Crippen molar-refractivity contribution in [3.8, 4) is 0 Å². The largest absolute Gasteiger partial charge is 0.466 e. The molecule has 0 saturated heterocycles. The van der Waals surface area contributed by atoms with E-state index in [1.807, 2.05) is 31.6 Å². The summed E-state index contributed by atoms with van der Waals surface area (Å²) in [5.41, 5.74) is 1.10. The molecule has 16 heavy (non-hydrogen) atoms. The van der Waals surface area contributed by atoms with Crippen LogP contribution in [0.1, 0.15) is 32.0 Å². The average Bonchev–Trinajstić information content (AvgIpc) is 2.64. The topological polar surface area (TPSA) is 56.1 Å². The van der Waals surface area contributed by atoms with E-state index in [1.165, 1.54) is 0 Å². The summed E-state index contributed by atoms with van der Waals surface area (Å²) in [7, 11) is 1.90. The fourth-order valence-electron chi connectivity index (χ4n) is 1.54. The minimum absolute atomic E-state index is 0.160. The predicted octanol–water partition coefficient (Wildman–Crippen LogP) is 1.02. The number of ether oxygens (including phenoxy) is 1. The Morgan fingerprint density at radius 3 is 3.00 bits per heavy atom. The van der Waals surface area contributed by atoms with Crippen LogP contribution >= 0.6 is 0 Å². The number of carbonyl (C=O) groups is 1. The molecule has 1 aromatic heterocycles. The van der Waals surface area contributed by atoms with Crippen molar-refractivity contribution in [1.29, 1.82) is 0 Å². The van der Waals surface area contributed by atoms with Gasteiger partial charge in [0, 0.05) is 25.8 Å². The zero-order valence-electron chi connectivity index (χ0n) is 10.1. The lowest BCUT2D eigenvalue weighted by Crippen LogP contribution is -2.24. The fraction of sp³-hybridized carbons (Fsp3) is 0.636. The van der Waals surface area contributed by atoms with Crippen LogP contribution in [-0.2, 0) is 16.6 Å². The second-order valence-corrected chi connectivity index (χ2v) is 3.61. The number of aryl methyl sites for hydroxylation is 1. The van der Waals surface area contributed by atoms with Crippen LogP contribution in [0.15, 0.2) is 12.3 Å². The fourth-order valence-corrected chi connectivity index (χ4v) is 1.54. The van der Waals surface area contributed by atoms with Crippen molar-refractivity contribution in [2.24, 2.45) is 7.05 Å². The molecule has 0 bridgehead atoms. The van der Waals surface area contributed by atoms with Crippen molar-refractivity contribution >= 4 is 5.97 Å². The highest BCUT2D eigenvalue weighted by atomic mass is 16.5. The standard InChI is InChI=1S/C11H19N3O2/c1-4-16-11(15)6-7-12-9(2)10-5-8-13-14(10)3/h5,8-9,12H,4,6-7H2,1-3H3. The second-order valence-electron chi connectivity index (χ2n) is 3.61. The van der Waals surface area contributed by atoms with E-state index in [4.69, 9.17) is 4.74 Å². The Labute approximate surface area is 95.8 Å². The van der Waals surface area contributed by atoms with Crippen molar-refractivity contribution < 1.29 is 9.53 Å². The van der Waals surface area contributed by atoms with E-state index in [1.54, 1.807) is 6.20 Å². The highest BCUT2D eigenvalue weighted by Gasteiger charge is 2.09. The molecule has 1 rings (SSSR count). The smallest absolute Gasteiger partial charge is 0.307 e. The Hall–Kier alpha value is -1.36. The van der Waals surface area contributed by atoms with Gasteiger partial charge in [0.1, 0.15) is 0 Å². The molecule has 0 aromatic carbocycles. The molecule has 0 aliphatic rings. The van der Waals surface area contributed by atoms with Gasteiger partial charge in [0.2, 0.25) is 0 Å². The zero-order chi connectivity index (χ0) is 12.0. The third-order valence-electron chi connectivity index (χ3n) is 2.39. The van der Waals surface area contributed by atoms with E-state index in [0.717, 1.165) is 5.69 Å². The minimum atomic E-state index is -0.160. The van der Waals surface area contributed by atoms with Crippen LogP contribution in [-0.4, -0.2) is 28.9 Å². The first kappa shape index (κ1) is 12.7. The number of rotatable bonds is 6. The van der Waals surface area contributed by atoms with Crippen LogP contribution in [0.4, 0.5) is 0 Å². The molecule has 1 atom stereocenters. The summed E-state index contributed by atoms with van der Waals surface area (Å²) in [4.78, 5) is 11.1. The van der Waals surface area contributed by atoms with Crippen molar-refractivity contribution in [3.05, 3.63) is 18.0 Å². The summed E-state index contributed by atoms with van der Waals surface area (Å²) in [5, 5.41) is 7.35. The zero-order valence-corrected chi connectivity index (χ0v) is 10.1. The van der Waals surface area contributed by atoms with Gasteiger partial charge in [-0.3, -0.25) is 9.48 Å². The van der Waals surface area contributed by atoms with Crippen molar-refractivity contribution in [2.45, 2.75) is 26.3 Å². The lowest BCUT2D eigenvalue weighted by Gasteiger charge is -2.13. The van der Waals surface area contributed by atoms with Crippen molar-refractivity contribution in [1.82, 2.24) is 15.1 Å². The van der Waals surface area contributed by atoms with E-state index in [2.05, 4.69) is 10.4 Å². The summed E-state index contributed by atoms with van der Waals surface area (Å²) in [5.74, 6) is -0.160. The molecule has 0 saturated carbocycles. The Kier molecular flexibility index (Phi) is 4.98. The molecule has 1 unspecified atom stereocenters. The summed E-state index contributed by atoms with van der Waals surface area (Å²) in [6, 6.07) is 2.14. The average molecular weight is 225 g/mol. The van der Waals surface area contributed by atoms with E-state index in [0.29, 0.717) is 19.6 Å². The number of carbonyl (C=O) groups excluding carboxylic acids is 1. The van der Waals surface area contributed by atoms with Gasteiger partial charge in [-0.05, 0) is 19.9 Å². The molecule has 1 N–H and O–H groups in total. The third kappa shape index (κ3) is 3.66. The highest BCUT2D eigenvalue weighted by molar-refractivity contribution is 5.69. The number of nitrogens with zero attached hydrogens (tertiary/aromatic N) is 2. The monoisotopic (exact) mass is 225 g/mol. The second kappa shape index (κ2) is 6.27. The molecule has 0 amide bonds. The molecule has 1 aromatic rings. The van der Waals surface area contributed by atoms with E-state index >= 15 is 0 Å². The van der Waals surface area contributed by atoms with Crippen LogP contribution in [0.25, 0.3) is 0 Å². The van der Waals surface area contributed by atoms with E-state index in [9.17, 15) is 4.79 Å². The summed E-state index contributed by atoms with van der Waals surface area (Å²) < 4.78 is 6.66. The molecule has 0 radical (unpaired) electrons. The summed E-state index contributed by atoms with van der Waals surface area (Å²) in [6.07, 6.45) is 2.16. The normalized spacial score (nSPS) is 12.4. The molecule has 5 nitrogen and oxygen atoms in total. The Morgan fingerprint density at radius 2 is 2.44 bits per heavy atom. The van der Waals surface area contributed by atoms with Gasteiger partial charge in [-0.1, -0.05) is 0 Å². The van der Waals surface area contributed by atoms with E-state index < -0.39 is 0 Å². The number of esters is 1. The third-order valence-corrected chi connectivity index (χ3v) is 2.39. The van der Waals surface area contributed by atoms with Gasteiger partial charge in [0.05, 0.1) is 18.7 Å². The molecular formula is C11H19N3O2.